The number of benzene rings is 1. The minimum Gasteiger partial charge on any atom is -0.467 e. The molecule has 2 aromatic heterocycles. The molecule has 0 unspecified atom stereocenters. The van der Waals surface area contributed by atoms with Gasteiger partial charge in [-0.1, -0.05) is 6.07 Å². The first kappa shape index (κ1) is 22.4. The van der Waals surface area contributed by atoms with E-state index in [4.69, 9.17) is 8.83 Å². The molecule has 0 spiro atoms. The third-order valence-electron chi connectivity index (χ3n) is 6.08. The normalized spacial score (nSPS) is 15.7. The predicted molar refractivity (Wildman–Crippen MR) is 119 cm³/mol. The number of hydrogen-bond acceptors (Lipinski definition) is 5. The fourth-order valence-electron chi connectivity index (χ4n) is 4.02. The first-order chi connectivity index (χ1) is 15.3. The second-order valence-corrected chi connectivity index (χ2v) is 10.2. The highest BCUT2D eigenvalue weighted by Crippen LogP contribution is 2.27. The Morgan fingerprint density at radius 2 is 1.56 bits per heavy atom. The van der Waals surface area contributed by atoms with E-state index < -0.39 is 10.0 Å². The summed E-state index contributed by atoms with van der Waals surface area (Å²) in [4.78, 5) is 15.4. The molecule has 0 atom stereocenters. The summed E-state index contributed by atoms with van der Waals surface area (Å²) in [6.45, 7) is 5.19. The molecule has 32 heavy (non-hydrogen) atoms. The number of nitrogens with zero attached hydrogens (tertiary/aromatic N) is 2. The van der Waals surface area contributed by atoms with Crippen molar-refractivity contribution in [1.82, 2.24) is 9.21 Å². The van der Waals surface area contributed by atoms with Crippen LogP contribution in [0.3, 0.4) is 0 Å². The van der Waals surface area contributed by atoms with Crippen molar-refractivity contribution in [2.45, 2.75) is 44.7 Å². The molecule has 3 heterocycles. The average molecular weight is 457 g/mol. The summed E-state index contributed by atoms with van der Waals surface area (Å²) in [7, 11) is -3.57. The van der Waals surface area contributed by atoms with E-state index in [1.807, 2.05) is 32.0 Å². The molecule has 1 aromatic carbocycles. The summed E-state index contributed by atoms with van der Waals surface area (Å²) in [6, 6.07) is 12.5. The van der Waals surface area contributed by atoms with Gasteiger partial charge in [-0.2, -0.15) is 4.31 Å². The van der Waals surface area contributed by atoms with Crippen molar-refractivity contribution >= 4 is 15.9 Å². The molecule has 0 radical (unpaired) electrons. The number of carbonyl (C=O) groups is 1. The summed E-state index contributed by atoms with van der Waals surface area (Å²) >= 11 is 0. The van der Waals surface area contributed by atoms with Crippen molar-refractivity contribution < 1.29 is 22.0 Å². The molecule has 1 fully saturated rings. The van der Waals surface area contributed by atoms with Crippen molar-refractivity contribution in [3.05, 3.63) is 77.6 Å². The van der Waals surface area contributed by atoms with Gasteiger partial charge in [0, 0.05) is 19.0 Å². The lowest BCUT2D eigenvalue weighted by Crippen LogP contribution is -2.44. The lowest BCUT2D eigenvalue weighted by molar-refractivity contribution is -0.138. The Kier molecular flexibility index (Phi) is 6.53. The lowest BCUT2D eigenvalue weighted by atomic mass is 9.96. The van der Waals surface area contributed by atoms with Gasteiger partial charge in [0.1, 0.15) is 11.5 Å². The van der Waals surface area contributed by atoms with E-state index in [-0.39, 0.29) is 11.8 Å². The van der Waals surface area contributed by atoms with Gasteiger partial charge in [-0.25, -0.2) is 8.42 Å². The van der Waals surface area contributed by atoms with E-state index in [9.17, 15) is 13.2 Å². The first-order valence-corrected chi connectivity index (χ1v) is 12.2. The van der Waals surface area contributed by atoms with Crippen molar-refractivity contribution in [1.29, 1.82) is 0 Å². The van der Waals surface area contributed by atoms with Crippen molar-refractivity contribution in [3.63, 3.8) is 0 Å². The van der Waals surface area contributed by atoms with Crippen LogP contribution >= 0.6 is 0 Å². The number of aryl methyl sites for hydroxylation is 2. The van der Waals surface area contributed by atoms with Crippen LogP contribution in [0.2, 0.25) is 0 Å². The Balaban J connectivity index is 1.44. The summed E-state index contributed by atoms with van der Waals surface area (Å²) < 4.78 is 38.5. The van der Waals surface area contributed by atoms with Crippen LogP contribution in [0, 0.1) is 19.8 Å². The largest absolute Gasteiger partial charge is 0.467 e. The van der Waals surface area contributed by atoms with Crippen LogP contribution in [0.25, 0.3) is 0 Å². The third kappa shape index (κ3) is 4.81. The van der Waals surface area contributed by atoms with E-state index in [0.717, 1.165) is 11.1 Å². The van der Waals surface area contributed by atoms with Crippen LogP contribution in [0.4, 0.5) is 0 Å². The van der Waals surface area contributed by atoms with Crippen LogP contribution in [-0.2, 0) is 27.9 Å². The number of rotatable bonds is 7. The summed E-state index contributed by atoms with van der Waals surface area (Å²) in [6.07, 6.45) is 4.13. The smallest absolute Gasteiger partial charge is 0.243 e. The van der Waals surface area contributed by atoms with Gasteiger partial charge < -0.3 is 13.7 Å². The Bertz CT molecular complexity index is 1110. The van der Waals surface area contributed by atoms with E-state index in [1.165, 1.54) is 4.31 Å². The molecule has 0 N–H and O–H groups in total. The van der Waals surface area contributed by atoms with Gasteiger partial charge >= 0.3 is 0 Å². The van der Waals surface area contributed by atoms with Crippen LogP contribution in [0.5, 0.6) is 0 Å². The molecule has 0 bridgehead atoms. The van der Waals surface area contributed by atoms with Crippen molar-refractivity contribution in [2.75, 3.05) is 13.1 Å². The maximum atomic E-state index is 13.3. The molecule has 1 aliphatic rings. The lowest BCUT2D eigenvalue weighted by Gasteiger charge is -2.33. The zero-order chi connectivity index (χ0) is 22.7. The molecule has 7 nitrogen and oxygen atoms in total. The average Bonchev–Trinajstić information content (AvgIpc) is 3.49. The number of furan rings is 2. The van der Waals surface area contributed by atoms with Crippen molar-refractivity contribution in [2.24, 2.45) is 5.92 Å². The minimum absolute atomic E-state index is 0.0129. The van der Waals surface area contributed by atoms with Crippen LogP contribution in [0.15, 0.2) is 68.7 Å². The Morgan fingerprint density at radius 1 is 0.969 bits per heavy atom. The fourth-order valence-corrected chi connectivity index (χ4v) is 5.57. The molecule has 0 saturated carbocycles. The third-order valence-corrected chi connectivity index (χ3v) is 7.98. The van der Waals surface area contributed by atoms with E-state index >= 15 is 0 Å². The van der Waals surface area contributed by atoms with Crippen LogP contribution < -0.4 is 0 Å². The standard InChI is InChI=1S/C24H28N2O5S/c1-18-7-8-23(15-19(18)2)32(28,29)26-11-9-20(10-12-26)24(27)25(16-21-5-3-13-30-21)17-22-6-4-14-31-22/h3-8,13-15,20H,9-12,16-17H2,1-2H3. The Hall–Kier alpha value is -2.84. The zero-order valence-electron chi connectivity index (χ0n) is 18.4. The molecule has 1 saturated heterocycles. The molecule has 4 rings (SSSR count). The highest BCUT2D eigenvalue weighted by atomic mass is 32.2. The Morgan fingerprint density at radius 3 is 2.06 bits per heavy atom. The molecular formula is C24H28N2O5S. The predicted octanol–water partition coefficient (Wildman–Crippen LogP) is 4.12. The summed E-state index contributed by atoms with van der Waals surface area (Å²) in [5, 5.41) is 0. The maximum absolute atomic E-state index is 13.3. The summed E-state index contributed by atoms with van der Waals surface area (Å²) in [5.74, 6) is 1.13. The minimum atomic E-state index is -3.57. The highest BCUT2D eigenvalue weighted by Gasteiger charge is 2.34. The fraction of sp³-hybridized carbons (Fsp3) is 0.375. The van der Waals surface area contributed by atoms with Gasteiger partial charge in [0.25, 0.3) is 0 Å². The van der Waals surface area contributed by atoms with Crippen LogP contribution in [0.1, 0.15) is 35.5 Å². The number of carbonyl (C=O) groups excluding carboxylic acids is 1. The number of sulfonamides is 1. The monoisotopic (exact) mass is 456 g/mol. The van der Waals surface area contributed by atoms with Gasteiger partial charge in [0.2, 0.25) is 15.9 Å². The zero-order valence-corrected chi connectivity index (χ0v) is 19.2. The van der Waals surface area contributed by atoms with Gasteiger partial charge in [0.15, 0.2) is 0 Å². The SMILES string of the molecule is Cc1ccc(S(=O)(=O)N2CCC(C(=O)N(Cc3ccco3)Cc3ccco3)CC2)cc1C. The molecule has 1 amide bonds. The highest BCUT2D eigenvalue weighted by molar-refractivity contribution is 7.89. The molecule has 170 valence electrons. The number of amides is 1. The quantitative estimate of drug-likeness (QED) is 0.534. The summed E-state index contributed by atoms with van der Waals surface area (Å²) in [5.41, 5.74) is 2.00. The van der Waals surface area contributed by atoms with Gasteiger partial charge in [0.05, 0.1) is 30.5 Å². The van der Waals surface area contributed by atoms with E-state index in [0.29, 0.717) is 55.4 Å². The maximum Gasteiger partial charge on any atom is 0.243 e. The molecule has 1 aliphatic heterocycles. The molecule has 3 aromatic rings. The topological polar surface area (TPSA) is 84.0 Å². The Labute approximate surface area is 188 Å². The molecule has 8 heteroatoms. The second-order valence-electron chi connectivity index (χ2n) is 8.28. The van der Waals surface area contributed by atoms with E-state index in [1.54, 1.807) is 41.7 Å². The first-order valence-electron chi connectivity index (χ1n) is 10.8. The van der Waals surface area contributed by atoms with Crippen LogP contribution in [-0.4, -0.2) is 36.6 Å². The molecule has 0 aliphatic carbocycles. The van der Waals surface area contributed by atoms with Gasteiger partial charge in [-0.3, -0.25) is 4.79 Å². The number of piperidine rings is 1. The van der Waals surface area contributed by atoms with E-state index in [2.05, 4.69) is 0 Å². The second kappa shape index (κ2) is 9.34. The number of hydrogen-bond donors (Lipinski definition) is 0. The van der Waals surface area contributed by atoms with Crippen molar-refractivity contribution in [3.8, 4) is 0 Å². The van der Waals surface area contributed by atoms with Gasteiger partial charge in [-0.15, -0.1) is 0 Å². The van der Waals surface area contributed by atoms with Gasteiger partial charge in [-0.05, 0) is 74.2 Å². The molecular weight excluding hydrogens is 428 g/mol.